The van der Waals surface area contributed by atoms with Crippen molar-refractivity contribution in [3.8, 4) is 22.3 Å². The number of rotatable bonds is 6. The van der Waals surface area contributed by atoms with Crippen molar-refractivity contribution in [1.29, 1.82) is 0 Å². The molecule has 0 N–H and O–H groups in total. The Morgan fingerprint density at radius 3 is 2.19 bits per heavy atom. The molecule has 0 radical (unpaired) electrons. The first-order valence-electron chi connectivity index (χ1n) is 9.75. The quantitative estimate of drug-likeness (QED) is 0.325. The zero-order valence-electron chi connectivity index (χ0n) is 15.4. The third kappa shape index (κ3) is 3.44. The van der Waals surface area contributed by atoms with Crippen LogP contribution >= 0.6 is 0 Å². The third-order valence-electron chi connectivity index (χ3n) is 5.44. The van der Waals surface area contributed by atoms with E-state index in [0.717, 1.165) is 17.5 Å². The second-order valence-corrected chi connectivity index (χ2v) is 7.36. The van der Waals surface area contributed by atoms with Crippen LogP contribution in [0.3, 0.4) is 0 Å². The van der Waals surface area contributed by atoms with Gasteiger partial charge in [-0.1, -0.05) is 74.7 Å². The summed E-state index contributed by atoms with van der Waals surface area (Å²) in [7, 11) is 0. The lowest BCUT2D eigenvalue weighted by Gasteiger charge is -2.06. The number of hydrogen-bond donors (Lipinski definition) is 0. The molecular formula is C25H25F. The van der Waals surface area contributed by atoms with Gasteiger partial charge in [0, 0.05) is 0 Å². The summed E-state index contributed by atoms with van der Waals surface area (Å²) in [6.07, 6.45) is 7.43. The van der Waals surface area contributed by atoms with Gasteiger partial charge < -0.3 is 0 Å². The molecule has 3 aromatic rings. The van der Waals surface area contributed by atoms with E-state index in [0.29, 0.717) is 0 Å². The third-order valence-corrected chi connectivity index (χ3v) is 5.44. The first-order valence-corrected chi connectivity index (χ1v) is 9.75. The van der Waals surface area contributed by atoms with Gasteiger partial charge in [0.2, 0.25) is 0 Å². The maximum Gasteiger partial charge on any atom is 0.123 e. The minimum atomic E-state index is -0.186. The number of hydrogen-bond acceptors (Lipinski definition) is 0. The molecule has 0 fully saturated rings. The molecule has 0 spiro atoms. The van der Waals surface area contributed by atoms with Gasteiger partial charge in [-0.25, -0.2) is 4.39 Å². The van der Waals surface area contributed by atoms with Crippen molar-refractivity contribution in [3.05, 3.63) is 83.2 Å². The highest BCUT2D eigenvalue weighted by molar-refractivity contribution is 5.80. The Hall–Kier alpha value is -2.41. The molecule has 0 unspecified atom stereocenters. The molecule has 1 aliphatic carbocycles. The van der Waals surface area contributed by atoms with Gasteiger partial charge in [-0.15, -0.1) is 0 Å². The predicted octanol–water partition coefficient (Wildman–Crippen LogP) is 7.19. The van der Waals surface area contributed by atoms with Gasteiger partial charge in [0.25, 0.3) is 0 Å². The maximum atomic E-state index is 13.2. The Labute approximate surface area is 155 Å². The van der Waals surface area contributed by atoms with Crippen LogP contribution < -0.4 is 0 Å². The van der Waals surface area contributed by atoms with Crippen molar-refractivity contribution in [2.75, 3.05) is 0 Å². The monoisotopic (exact) mass is 344 g/mol. The number of aryl methyl sites for hydroxylation is 1. The van der Waals surface area contributed by atoms with Crippen LogP contribution in [0.2, 0.25) is 0 Å². The number of benzene rings is 3. The standard InChI is InChI=1S/C25H25F/c1-2-3-4-5-6-18-7-13-24-21(15-18)17-22-16-20(10-14-25(22)24)19-8-11-23(26)12-9-19/h7-16H,2-6,17H2,1H3. The molecule has 1 heteroatoms. The average Bonchev–Trinajstić information content (AvgIpc) is 3.02. The fourth-order valence-electron chi connectivity index (χ4n) is 4.00. The minimum absolute atomic E-state index is 0.186. The summed E-state index contributed by atoms with van der Waals surface area (Å²) in [4.78, 5) is 0. The molecule has 0 nitrogen and oxygen atoms in total. The first-order chi connectivity index (χ1) is 12.7. The maximum absolute atomic E-state index is 13.2. The Kier molecular flexibility index (Phi) is 4.88. The van der Waals surface area contributed by atoms with Crippen molar-refractivity contribution < 1.29 is 4.39 Å². The smallest absolute Gasteiger partial charge is 0.123 e. The van der Waals surface area contributed by atoms with Gasteiger partial charge in [0.1, 0.15) is 5.82 Å². The summed E-state index contributed by atoms with van der Waals surface area (Å²) in [5.41, 5.74) is 9.25. The van der Waals surface area contributed by atoms with Gasteiger partial charge in [0.15, 0.2) is 0 Å². The highest BCUT2D eigenvalue weighted by Gasteiger charge is 2.19. The van der Waals surface area contributed by atoms with Crippen LogP contribution in [-0.2, 0) is 12.8 Å². The summed E-state index contributed by atoms with van der Waals surface area (Å²) in [6, 6.07) is 20.4. The second kappa shape index (κ2) is 7.45. The van der Waals surface area contributed by atoms with Crippen LogP contribution in [0.4, 0.5) is 4.39 Å². The highest BCUT2D eigenvalue weighted by atomic mass is 19.1. The fourth-order valence-corrected chi connectivity index (χ4v) is 4.00. The molecule has 3 aromatic carbocycles. The largest absolute Gasteiger partial charge is 0.207 e. The van der Waals surface area contributed by atoms with Gasteiger partial charge >= 0.3 is 0 Å². The molecular weight excluding hydrogens is 319 g/mol. The number of halogens is 1. The molecule has 4 rings (SSSR count). The van der Waals surface area contributed by atoms with Crippen LogP contribution in [0.1, 0.15) is 49.3 Å². The Morgan fingerprint density at radius 2 is 1.42 bits per heavy atom. The van der Waals surface area contributed by atoms with E-state index in [4.69, 9.17) is 0 Å². The molecule has 0 bridgehead atoms. The molecule has 0 atom stereocenters. The summed E-state index contributed by atoms with van der Waals surface area (Å²) in [5.74, 6) is -0.186. The topological polar surface area (TPSA) is 0 Å². The van der Waals surface area contributed by atoms with E-state index in [1.165, 1.54) is 72.1 Å². The SMILES string of the molecule is CCCCCCc1ccc2c(c1)Cc1cc(-c3ccc(F)cc3)ccc1-2. The summed E-state index contributed by atoms with van der Waals surface area (Å²) < 4.78 is 13.2. The van der Waals surface area contributed by atoms with Gasteiger partial charge in [-0.3, -0.25) is 0 Å². The summed E-state index contributed by atoms with van der Waals surface area (Å²) in [6.45, 7) is 2.26. The molecule has 0 amide bonds. The first kappa shape index (κ1) is 17.0. The van der Waals surface area contributed by atoms with Gasteiger partial charge in [-0.2, -0.15) is 0 Å². The van der Waals surface area contributed by atoms with Crippen LogP contribution in [0.5, 0.6) is 0 Å². The van der Waals surface area contributed by atoms with E-state index in [-0.39, 0.29) is 5.82 Å². The number of fused-ring (bicyclic) bond motifs is 3. The number of unbranched alkanes of at least 4 members (excludes halogenated alkanes) is 3. The van der Waals surface area contributed by atoms with E-state index < -0.39 is 0 Å². The lowest BCUT2D eigenvalue weighted by molar-refractivity contribution is 0.628. The van der Waals surface area contributed by atoms with E-state index in [2.05, 4.69) is 43.3 Å². The zero-order valence-corrected chi connectivity index (χ0v) is 15.4. The Balaban J connectivity index is 1.55. The van der Waals surface area contributed by atoms with Crippen LogP contribution in [-0.4, -0.2) is 0 Å². The summed E-state index contributed by atoms with van der Waals surface area (Å²) in [5, 5.41) is 0. The molecule has 132 valence electrons. The predicted molar refractivity (Wildman–Crippen MR) is 108 cm³/mol. The van der Waals surface area contributed by atoms with Crippen molar-refractivity contribution in [3.63, 3.8) is 0 Å². The van der Waals surface area contributed by atoms with Crippen LogP contribution in [0.25, 0.3) is 22.3 Å². The fraction of sp³-hybridized carbons (Fsp3) is 0.280. The molecule has 0 heterocycles. The summed E-state index contributed by atoms with van der Waals surface area (Å²) >= 11 is 0. The normalized spacial score (nSPS) is 12.1. The molecule has 0 saturated heterocycles. The molecule has 26 heavy (non-hydrogen) atoms. The van der Waals surface area contributed by atoms with Crippen LogP contribution in [0.15, 0.2) is 60.7 Å². The highest BCUT2D eigenvalue weighted by Crippen LogP contribution is 2.39. The van der Waals surface area contributed by atoms with E-state index in [9.17, 15) is 4.39 Å². The molecule has 0 aliphatic heterocycles. The molecule has 1 aliphatic rings. The van der Waals surface area contributed by atoms with Crippen molar-refractivity contribution in [2.24, 2.45) is 0 Å². The van der Waals surface area contributed by atoms with E-state index >= 15 is 0 Å². The van der Waals surface area contributed by atoms with E-state index in [1.54, 1.807) is 0 Å². The Morgan fingerprint density at radius 1 is 0.731 bits per heavy atom. The van der Waals surface area contributed by atoms with Crippen molar-refractivity contribution in [2.45, 2.75) is 45.4 Å². The average molecular weight is 344 g/mol. The van der Waals surface area contributed by atoms with Crippen molar-refractivity contribution in [1.82, 2.24) is 0 Å². The Bertz CT molecular complexity index is 906. The lowest BCUT2D eigenvalue weighted by Crippen LogP contribution is -1.89. The van der Waals surface area contributed by atoms with E-state index in [1.807, 2.05) is 12.1 Å². The minimum Gasteiger partial charge on any atom is -0.207 e. The second-order valence-electron chi connectivity index (χ2n) is 7.36. The molecule has 0 aromatic heterocycles. The molecule has 0 saturated carbocycles. The van der Waals surface area contributed by atoms with Gasteiger partial charge in [0.05, 0.1) is 0 Å². The zero-order chi connectivity index (χ0) is 17.9. The van der Waals surface area contributed by atoms with Crippen LogP contribution in [0, 0.1) is 5.82 Å². The van der Waals surface area contributed by atoms with Crippen molar-refractivity contribution >= 4 is 0 Å². The lowest BCUT2D eigenvalue weighted by atomic mass is 9.98. The van der Waals surface area contributed by atoms with Gasteiger partial charge in [-0.05, 0) is 70.3 Å².